The minimum absolute atomic E-state index is 0.0506. The molecule has 0 unspecified atom stereocenters. The molecular formula is C19H20N2O2S. The average Bonchev–Trinajstić information content (AvgIpc) is 3.39. The molecule has 124 valence electrons. The largest absolute Gasteiger partial charge is 0.349 e. The van der Waals surface area contributed by atoms with E-state index >= 15 is 0 Å². The molecule has 4 nitrogen and oxygen atoms in total. The van der Waals surface area contributed by atoms with Gasteiger partial charge in [0.05, 0.1) is 5.75 Å². The third-order valence-corrected chi connectivity index (χ3v) is 4.75. The topological polar surface area (TPSA) is 58.2 Å². The van der Waals surface area contributed by atoms with E-state index in [9.17, 15) is 9.59 Å². The number of carbonyl (C=O) groups is 2. The first-order valence-corrected chi connectivity index (χ1v) is 8.99. The molecule has 0 heterocycles. The maximum absolute atomic E-state index is 12.0. The Morgan fingerprint density at radius 3 is 2.33 bits per heavy atom. The van der Waals surface area contributed by atoms with Gasteiger partial charge in [0.25, 0.3) is 5.91 Å². The first-order valence-electron chi connectivity index (χ1n) is 8.00. The van der Waals surface area contributed by atoms with Crippen molar-refractivity contribution in [3.63, 3.8) is 0 Å². The smallest absolute Gasteiger partial charge is 0.251 e. The van der Waals surface area contributed by atoms with Crippen LogP contribution >= 0.6 is 11.8 Å². The van der Waals surface area contributed by atoms with Crippen LogP contribution in [0.15, 0.2) is 53.4 Å². The van der Waals surface area contributed by atoms with Crippen LogP contribution in [0.5, 0.6) is 0 Å². The monoisotopic (exact) mass is 340 g/mol. The second-order valence-electron chi connectivity index (χ2n) is 5.97. The second kappa shape index (κ2) is 7.53. The van der Waals surface area contributed by atoms with Crippen molar-refractivity contribution >= 4 is 29.3 Å². The number of carbonyl (C=O) groups excluding carboxylic acids is 2. The molecule has 0 atom stereocenters. The zero-order valence-electron chi connectivity index (χ0n) is 13.5. The predicted octanol–water partition coefficient (Wildman–Crippen LogP) is 3.62. The Kier molecular flexibility index (Phi) is 5.20. The molecule has 0 radical (unpaired) electrons. The van der Waals surface area contributed by atoms with Gasteiger partial charge >= 0.3 is 0 Å². The minimum atomic E-state index is -0.0595. The average molecular weight is 340 g/mol. The highest BCUT2D eigenvalue weighted by Crippen LogP contribution is 2.20. The summed E-state index contributed by atoms with van der Waals surface area (Å²) in [4.78, 5) is 25.0. The minimum Gasteiger partial charge on any atom is -0.349 e. The lowest BCUT2D eigenvalue weighted by atomic mass is 10.2. The molecule has 1 fully saturated rings. The van der Waals surface area contributed by atoms with Crippen molar-refractivity contribution in [1.82, 2.24) is 5.32 Å². The summed E-state index contributed by atoms with van der Waals surface area (Å²) in [7, 11) is 0. The van der Waals surface area contributed by atoms with Gasteiger partial charge in [-0.1, -0.05) is 17.7 Å². The molecule has 2 amide bonds. The quantitative estimate of drug-likeness (QED) is 0.790. The second-order valence-corrected chi connectivity index (χ2v) is 7.02. The zero-order chi connectivity index (χ0) is 16.9. The van der Waals surface area contributed by atoms with Gasteiger partial charge < -0.3 is 10.6 Å². The van der Waals surface area contributed by atoms with Crippen molar-refractivity contribution in [2.45, 2.75) is 30.7 Å². The fourth-order valence-corrected chi connectivity index (χ4v) is 2.88. The van der Waals surface area contributed by atoms with Crippen molar-refractivity contribution in [3.8, 4) is 0 Å². The van der Waals surface area contributed by atoms with Crippen molar-refractivity contribution in [3.05, 3.63) is 59.7 Å². The third-order valence-electron chi connectivity index (χ3n) is 3.73. The Bertz CT molecular complexity index is 722. The number of benzene rings is 2. The van der Waals surface area contributed by atoms with E-state index in [0.29, 0.717) is 23.0 Å². The summed E-state index contributed by atoms with van der Waals surface area (Å²) in [5.74, 6) is 0.244. The lowest BCUT2D eigenvalue weighted by Crippen LogP contribution is -2.25. The van der Waals surface area contributed by atoms with Crippen LogP contribution in [0.3, 0.4) is 0 Å². The number of hydrogen-bond donors (Lipinski definition) is 2. The van der Waals surface area contributed by atoms with Crippen LogP contribution in [0.4, 0.5) is 5.69 Å². The Morgan fingerprint density at radius 2 is 1.71 bits per heavy atom. The molecule has 2 aromatic rings. The van der Waals surface area contributed by atoms with Gasteiger partial charge in [-0.2, -0.15) is 0 Å². The summed E-state index contributed by atoms with van der Waals surface area (Å²) in [6.07, 6.45) is 2.14. The molecule has 1 aliphatic rings. The molecule has 3 rings (SSSR count). The van der Waals surface area contributed by atoms with E-state index in [1.165, 1.54) is 17.3 Å². The highest BCUT2D eigenvalue weighted by molar-refractivity contribution is 8.00. The third kappa shape index (κ3) is 4.86. The standard InChI is InChI=1S/C19H20N2O2S/c1-13-2-10-17(11-3-13)24-12-18(22)20-15-6-4-14(5-7-15)19(23)21-16-8-9-16/h2-7,10-11,16H,8-9,12H2,1H3,(H,20,22)(H,21,23). The number of thioether (sulfide) groups is 1. The number of rotatable bonds is 6. The zero-order valence-corrected chi connectivity index (χ0v) is 14.4. The predicted molar refractivity (Wildman–Crippen MR) is 97.5 cm³/mol. The number of nitrogens with one attached hydrogen (secondary N) is 2. The van der Waals surface area contributed by atoms with Gasteiger partial charge in [-0.15, -0.1) is 11.8 Å². The van der Waals surface area contributed by atoms with Crippen molar-refractivity contribution in [2.75, 3.05) is 11.1 Å². The summed E-state index contributed by atoms with van der Waals surface area (Å²) >= 11 is 1.50. The van der Waals surface area contributed by atoms with Crippen molar-refractivity contribution in [2.24, 2.45) is 0 Å². The Morgan fingerprint density at radius 1 is 1.04 bits per heavy atom. The van der Waals surface area contributed by atoms with Gasteiger partial charge in [0.2, 0.25) is 5.91 Å². The highest BCUT2D eigenvalue weighted by atomic mass is 32.2. The summed E-state index contributed by atoms with van der Waals surface area (Å²) in [6.45, 7) is 2.04. The Labute approximate surface area is 146 Å². The lowest BCUT2D eigenvalue weighted by Gasteiger charge is -2.07. The van der Waals surface area contributed by atoms with E-state index < -0.39 is 0 Å². The number of anilines is 1. The number of amides is 2. The molecule has 0 aliphatic heterocycles. The number of aryl methyl sites for hydroxylation is 1. The lowest BCUT2D eigenvalue weighted by molar-refractivity contribution is -0.113. The molecule has 0 bridgehead atoms. The van der Waals surface area contributed by atoms with E-state index in [1.54, 1.807) is 24.3 Å². The van der Waals surface area contributed by atoms with E-state index in [-0.39, 0.29) is 11.8 Å². The SMILES string of the molecule is Cc1ccc(SCC(=O)Nc2ccc(C(=O)NC3CC3)cc2)cc1. The summed E-state index contributed by atoms with van der Waals surface area (Å²) in [6, 6.07) is 15.4. The molecule has 5 heteroatoms. The highest BCUT2D eigenvalue weighted by Gasteiger charge is 2.23. The fraction of sp³-hybridized carbons (Fsp3) is 0.263. The molecule has 0 saturated heterocycles. The van der Waals surface area contributed by atoms with Crippen molar-refractivity contribution in [1.29, 1.82) is 0 Å². The van der Waals surface area contributed by atoms with E-state index in [1.807, 2.05) is 31.2 Å². The molecule has 1 aliphatic carbocycles. The summed E-state index contributed by atoms with van der Waals surface area (Å²) in [5.41, 5.74) is 2.52. The number of hydrogen-bond acceptors (Lipinski definition) is 3. The van der Waals surface area contributed by atoms with Gasteiger partial charge in [0, 0.05) is 22.2 Å². The van der Waals surface area contributed by atoms with E-state index in [2.05, 4.69) is 10.6 Å². The van der Waals surface area contributed by atoms with Gasteiger partial charge in [-0.3, -0.25) is 9.59 Å². The van der Waals surface area contributed by atoms with Crippen LogP contribution in [-0.2, 0) is 4.79 Å². The van der Waals surface area contributed by atoms with Gasteiger partial charge in [-0.25, -0.2) is 0 Å². The molecule has 0 aromatic heterocycles. The fourth-order valence-electron chi connectivity index (χ4n) is 2.18. The van der Waals surface area contributed by atoms with E-state index in [4.69, 9.17) is 0 Å². The molecule has 2 N–H and O–H groups in total. The van der Waals surface area contributed by atoms with Gasteiger partial charge in [-0.05, 0) is 56.2 Å². The van der Waals surface area contributed by atoms with Gasteiger partial charge in [0.1, 0.15) is 0 Å². The molecule has 0 spiro atoms. The maximum Gasteiger partial charge on any atom is 0.251 e. The van der Waals surface area contributed by atoms with Gasteiger partial charge in [0.15, 0.2) is 0 Å². The molecule has 24 heavy (non-hydrogen) atoms. The first kappa shape index (κ1) is 16.6. The maximum atomic E-state index is 12.0. The van der Waals surface area contributed by atoms with Crippen LogP contribution < -0.4 is 10.6 Å². The molecular weight excluding hydrogens is 320 g/mol. The summed E-state index contributed by atoms with van der Waals surface area (Å²) < 4.78 is 0. The summed E-state index contributed by atoms with van der Waals surface area (Å²) in [5, 5.41) is 5.79. The van der Waals surface area contributed by atoms with Crippen molar-refractivity contribution < 1.29 is 9.59 Å². The van der Waals surface area contributed by atoms with Crippen LogP contribution in [-0.4, -0.2) is 23.6 Å². The normalized spacial score (nSPS) is 13.4. The van der Waals surface area contributed by atoms with Crippen LogP contribution in [0, 0.1) is 6.92 Å². The molecule has 2 aromatic carbocycles. The Balaban J connectivity index is 1.48. The van der Waals surface area contributed by atoms with E-state index in [0.717, 1.165) is 17.7 Å². The molecule has 1 saturated carbocycles. The Hall–Kier alpha value is -2.27. The first-order chi connectivity index (χ1) is 11.6. The van der Waals surface area contributed by atoms with Crippen LogP contribution in [0.25, 0.3) is 0 Å². The van der Waals surface area contributed by atoms with Crippen LogP contribution in [0.2, 0.25) is 0 Å². The van der Waals surface area contributed by atoms with Crippen LogP contribution in [0.1, 0.15) is 28.8 Å².